The zero-order valence-corrected chi connectivity index (χ0v) is 10.9. The van der Waals surface area contributed by atoms with Crippen molar-refractivity contribution >= 4 is 0 Å². The summed E-state index contributed by atoms with van der Waals surface area (Å²) in [7, 11) is 1.77. The first-order chi connectivity index (χ1) is 7.22. The van der Waals surface area contributed by atoms with Crippen LogP contribution in [0.2, 0.25) is 0 Å². The Morgan fingerprint density at radius 2 is 1.93 bits per heavy atom. The van der Waals surface area contributed by atoms with Crippen LogP contribution in [0, 0.1) is 0 Å². The van der Waals surface area contributed by atoms with E-state index in [1.165, 1.54) is 19.4 Å². The fourth-order valence-electron chi connectivity index (χ4n) is 1.58. The Bertz CT molecular complexity index is 129. The molecule has 15 heavy (non-hydrogen) atoms. The van der Waals surface area contributed by atoms with E-state index in [4.69, 9.17) is 4.74 Å². The summed E-state index contributed by atoms with van der Waals surface area (Å²) in [6.07, 6.45) is 2.54. The molecule has 92 valence electrons. The SMILES string of the molecule is CCNCCCCN(CCOC)C(C)C. The number of nitrogens with one attached hydrogen (secondary N) is 1. The first-order valence-electron chi connectivity index (χ1n) is 6.16. The van der Waals surface area contributed by atoms with Crippen molar-refractivity contribution in [1.82, 2.24) is 10.2 Å². The molecule has 0 aliphatic carbocycles. The predicted molar refractivity (Wildman–Crippen MR) is 66.4 cm³/mol. The molecule has 0 fully saturated rings. The Morgan fingerprint density at radius 3 is 2.47 bits per heavy atom. The van der Waals surface area contributed by atoms with Crippen molar-refractivity contribution in [3.8, 4) is 0 Å². The molecule has 0 unspecified atom stereocenters. The molecule has 3 heteroatoms. The van der Waals surface area contributed by atoms with Crippen molar-refractivity contribution in [2.24, 2.45) is 0 Å². The summed E-state index contributed by atoms with van der Waals surface area (Å²) in [5.41, 5.74) is 0. The molecule has 0 spiro atoms. The minimum absolute atomic E-state index is 0.624. The number of hydrogen-bond acceptors (Lipinski definition) is 3. The lowest BCUT2D eigenvalue weighted by Crippen LogP contribution is -2.35. The third-order valence-corrected chi connectivity index (χ3v) is 2.61. The molecule has 0 saturated carbocycles. The lowest BCUT2D eigenvalue weighted by atomic mass is 10.2. The maximum Gasteiger partial charge on any atom is 0.0589 e. The van der Waals surface area contributed by atoms with Gasteiger partial charge in [-0.25, -0.2) is 0 Å². The van der Waals surface area contributed by atoms with Gasteiger partial charge in [0.15, 0.2) is 0 Å². The van der Waals surface area contributed by atoms with Crippen LogP contribution in [-0.4, -0.2) is 50.8 Å². The van der Waals surface area contributed by atoms with Gasteiger partial charge in [-0.15, -0.1) is 0 Å². The minimum atomic E-state index is 0.624. The van der Waals surface area contributed by atoms with Crippen molar-refractivity contribution in [3.63, 3.8) is 0 Å². The van der Waals surface area contributed by atoms with E-state index in [0.717, 1.165) is 26.2 Å². The fraction of sp³-hybridized carbons (Fsp3) is 1.00. The molecule has 0 atom stereocenters. The molecular weight excluding hydrogens is 188 g/mol. The van der Waals surface area contributed by atoms with E-state index in [9.17, 15) is 0 Å². The van der Waals surface area contributed by atoms with Crippen LogP contribution in [0.1, 0.15) is 33.6 Å². The summed E-state index contributed by atoms with van der Waals surface area (Å²) in [5.74, 6) is 0. The van der Waals surface area contributed by atoms with Crippen molar-refractivity contribution in [2.75, 3.05) is 39.9 Å². The van der Waals surface area contributed by atoms with E-state index in [1.807, 2.05) is 0 Å². The van der Waals surface area contributed by atoms with Gasteiger partial charge in [-0.3, -0.25) is 4.90 Å². The molecule has 0 heterocycles. The number of methoxy groups -OCH3 is 1. The van der Waals surface area contributed by atoms with Crippen molar-refractivity contribution < 1.29 is 4.74 Å². The van der Waals surface area contributed by atoms with Crippen LogP contribution in [0.4, 0.5) is 0 Å². The highest BCUT2D eigenvalue weighted by Gasteiger charge is 2.07. The lowest BCUT2D eigenvalue weighted by Gasteiger charge is -2.26. The molecule has 0 rings (SSSR count). The maximum absolute atomic E-state index is 5.11. The van der Waals surface area contributed by atoms with Gasteiger partial charge in [-0.05, 0) is 46.3 Å². The zero-order valence-electron chi connectivity index (χ0n) is 10.9. The number of hydrogen-bond donors (Lipinski definition) is 1. The van der Waals surface area contributed by atoms with Gasteiger partial charge < -0.3 is 10.1 Å². The van der Waals surface area contributed by atoms with Crippen LogP contribution in [0.5, 0.6) is 0 Å². The third-order valence-electron chi connectivity index (χ3n) is 2.61. The van der Waals surface area contributed by atoms with Gasteiger partial charge in [0.2, 0.25) is 0 Å². The topological polar surface area (TPSA) is 24.5 Å². The molecule has 0 aromatic heterocycles. The van der Waals surface area contributed by atoms with E-state index in [1.54, 1.807) is 7.11 Å². The molecule has 0 aliphatic rings. The summed E-state index contributed by atoms with van der Waals surface area (Å²) in [6.45, 7) is 12.0. The average molecular weight is 216 g/mol. The molecule has 0 bridgehead atoms. The number of ether oxygens (including phenoxy) is 1. The van der Waals surface area contributed by atoms with E-state index in [-0.39, 0.29) is 0 Å². The molecule has 0 aliphatic heterocycles. The Balaban J connectivity index is 3.48. The first-order valence-corrected chi connectivity index (χ1v) is 6.16. The highest BCUT2D eigenvalue weighted by molar-refractivity contribution is 4.62. The summed E-state index contributed by atoms with van der Waals surface area (Å²) in [4.78, 5) is 2.48. The summed E-state index contributed by atoms with van der Waals surface area (Å²) < 4.78 is 5.11. The smallest absolute Gasteiger partial charge is 0.0589 e. The van der Waals surface area contributed by atoms with Gasteiger partial charge in [0, 0.05) is 19.7 Å². The molecule has 0 amide bonds. The van der Waals surface area contributed by atoms with Gasteiger partial charge in [0.1, 0.15) is 0 Å². The second-order valence-electron chi connectivity index (χ2n) is 4.18. The average Bonchev–Trinajstić information content (AvgIpc) is 2.21. The van der Waals surface area contributed by atoms with Crippen LogP contribution < -0.4 is 5.32 Å². The molecule has 3 nitrogen and oxygen atoms in total. The standard InChI is InChI=1S/C12H28N2O/c1-5-13-8-6-7-9-14(12(2)3)10-11-15-4/h12-13H,5-11H2,1-4H3. The summed E-state index contributed by atoms with van der Waals surface area (Å²) >= 11 is 0. The molecule has 0 saturated heterocycles. The monoisotopic (exact) mass is 216 g/mol. The van der Waals surface area contributed by atoms with Crippen LogP contribution >= 0.6 is 0 Å². The number of unbranched alkanes of at least 4 members (excludes halogenated alkanes) is 1. The quantitative estimate of drug-likeness (QED) is 0.563. The van der Waals surface area contributed by atoms with Gasteiger partial charge >= 0.3 is 0 Å². The Kier molecular flexibility index (Phi) is 10.3. The van der Waals surface area contributed by atoms with E-state index >= 15 is 0 Å². The summed E-state index contributed by atoms with van der Waals surface area (Å²) in [5, 5.41) is 3.35. The minimum Gasteiger partial charge on any atom is -0.383 e. The second kappa shape index (κ2) is 10.4. The van der Waals surface area contributed by atoms with Crippen LogP contribution in [0.3, 0.4) is 0 Å². The Morgan fingerprint density at radius 1 is 1.20 bits per heavy atom. The second-order valence-corrected chi connectivity index (χ2v) is 4.18. The van der Waals surface area contributed by atoms with E-state index in [0.29, 0.717) is 6.04 Å². The highest BCUT2D eigenvalue weighted by Crippen LogP contribution is 2.01. The van der Waals surface area contributed by atoms with Crippen molar-refractivity contribution in [3.05, 3.63) is 0 Å². The molecule has 0 aromatic rings. The lowest BCUT2D eigenvalue weighted by molar-refractivity contribution is 0.128. The molecule has 0 radical (unpaired) electrons. The van der Waals surface area contributed by atoms with Crippen LogP contribution in [0.25, 0.3) is 0 Å². The van der Waals surface area contributed by atoms with Gasteiger partial charge in [-0.2, -0.15) is 0 Å². The van der Waals surface area contributed by atoms with Crippen molar-refractivity contribution in [2.45, 2.75) is 39.7 Å². The zero-order chi connectivity index (χ0) is 11.5. The Labute approximate surface area is 95.2 Å². The number of rotatable bonds is 10. The highest BCUT2D eigenvalue weighted by atomic mass is 16.5. The Hall–Kier alpha value is -0.120. The molecule has 0 aromatic carbocycles. The van der Waals surface area contributed by atoms with Gasteiger partial charge in [0.05, 0.1) is 6.61 Å². The van der Waals surface area contributed by atoms with Gasteiger partial charge in [-0.1, -0.05) is 6.92 Å². The largest absolute Gasteiger partial charge is 0.383 e. The normalized spacial score (nSPS) is 11.6. The number of nitrogens with zero attached hydrogens (tertiary/aromatic N) is 1. The maximum atomic E-state index is 5.11. The van der Waals surface area contributed by atoms with Crippen molar-refractivity contribution in [1.29, 1.82) is 0 Å². The fourth-order valence-corrected chi connectivity index (χ4v) is 1.58. The van der Waals surface area contributed by atoms with E-state index in [2.05, 4.69) is 31.0 Å². The molecular formula is C12H28N2O. The van der Waals surface area contributed by atoms with Crippen LogP contribution in [0.15, 0.2) is 0 Å². The first kappa shape index (κ1) is 14.9. The van der Waals surface area contributed by atoms with Gasteiger partial charge in [0.25, 0.3) is 0 Å². The predicted octanol–water partition coefficient (Wildman–Crippen LogP) is 1.73. The van der Waals surface area contributed by atoms with Crippen LogP contribution in [-0.2, 0) is 4.74 Å². The third kappa shape index (κ3) is 8.85. The molecule has 1 N–H and O–H groups in total. The van der Waals surface area contributed by atoms with E-state index < -0.39 is 0 Å². The summed E-state index contributed by atoms with van der Waals surface area (Å²) in [6, 6.07) is 0.624.